The second-order valence-electron chi connectivity index (χ2n) is 3.95. The van der Waals surface area contributed by atoms with E-state index in [1.807, 2.05) is 6.07 Å². The quantitative estimate of drug-likeness (QED) is 0.813. The van der Waals surface area contributed by atoms with Crippen LogP contribution in [0.25, 0.3) is 0 Å². The maximum absolute atomic E-state index is 8.78. The molecule has 0 radical (unpaired) electrons. The van der Waals surface area contributed by atoms with E-state index in [0.717, 1.165) is 17.3 Å². The van der Waals surface area contributed by atoms with Gasteiger partial charge in [-0.25, -0.2) is 4.98 Å². The fraction of sp³-hybridized carbons (Fsp3) is 0.500. The zero-order chi connectivity index (χ0) is 11.2. The molecular weight excluding hydrogens is 218 g/mol. The maximum Gasteiger partial charge on any atom is 0.0993 e. The van der Waals surface area contributed by atoms with Gasteiger partial charge in [0.1, 0.15) is 0 Å². The Balaban J connectivity index is 1.86. The molecule has 1 saturated heterocycles. The van der Waals surface area contributed by atoms with Gasteiger partial charge in [-0.2, -0.15) is 5.26 Å². The van der Waals surface area contributed by atoms with Crippen molar-refractivity contribution >= 4 is 11.8 Å². The normalized spacial score (nSPS) is 20.3. The van der Waals surface area contributed by atoms with Crippen molar-refractivity contribution in [2.75, 3.05) is 12.3 Å². The van der Waals surface area contributed by atoms with Gasteiger partial charge in [0.05, 0.1) is 16.7 Å². The van der Waals surface area contributed by atoms with Crippen LogP contribution in [-0.2, 0) is 0 Å². The van der Waals surface area contributed by atoms with Crippen molar-refractivity contribution in [2.24, 2.45) is 0 Å². The predicted molar refractivity (Wildman–Crippen MR) is 65.3 cm³/mol. The lowest BCUT2D eigenvalue weighted by Crippen LogP contribution is -2.35. The van der Waals surface area contributed by atoms with Crippen LogP contribution in [-0.4, -0.2) is 23.3 Å². The molecule has 0 aliphatic carbocycles. The van der Waals surface area contributed by atoms with E-state index in [1.165, 1.54) is 19.3 Å². The number of piperidine rings is 1. The van der Waals surface area contributed by atoms with Crippen molar-refractivity contribution in [2.45, 2.75) is 30.3 Å². The Kier molecular flexibility index (Phi) is 4.20. The van der Waals surface area contributed by atoms with E-state index < -0.39 is 0 Å². The maximum atomic E-state index is 8.78. The summed E-state index contributed by atoms with van der Waals surface area (Å²) in [5, 5.41) is 13.2. The van der Waals surface area contributed by atoms with Crippen molar-refractivity contribution in [1.82, 2.24) is 10.3 Å². The molecule has 0 spiro atoms. The molecule has 2 rings (SSSR count). The minimum absolute atomic E-state index is 0.603. The number of hydrogen-bond acceptors (Lipinski definition) is 4. The molecule has 3 nitrogen and oxygen atoms in total. The van der Waals surface area contributed by atoms with E-state index in [0.29, 0.717) is 11.6 Å². The van der Waals surface area contributed by atoms with Gasteiger partial charge in [-0.05, 0) is 31.5 Å². The molecule has 0 saturated carbocycles. The Bertz CT molecular complexity index is 380. The molecule has 1 aliphatic heterocycles. The smallest absolute Gasteiger partial charge is 0.0993 e. The SMILES string of the molecule is N#Cc1ccnc(SC[C@H]2CCCCN2)c1. The van der Waals surface area contributed by atoms with Crippen molar-refractivity contribution in [3.05, 3.63) is 23.9 Å². The Morgan fingerprint density at radius 3 is 3.25 bits per heavy atom. The lowest BCUT2D eigenvalue weighted by Gasteiger charge is -2.22. The Morgan fingerprint density at radius 1 is 1.56 bits per heavy atom. The third-order valence-corrected chi connectivity index (χ3v) is 3.80. The molecule has 0 aromatic carbocycles. The summed E-state index contributed by atoms with van der Waals surface area (Å²) in [6.45, 7) is 1.14. The number of nitrogens with zero attached hydrogens (tertiary/aromatic N) is 2. The molecule has 16 heavy (non-hydrogen) atoms. The monoisotopic (exact) mass is 233 g/mol. The van der Waals surface area contributed by atoms with Gasteiger partial charge in [0.15, 0.2) is 0 Å². The van der Waals surface area contributed by atoms with Gasteiger partial charge in [-0.1, -0.05) is 6.42 Å². The fourth-order valence-corrected chi connectivity index (χ4v) is 2.81. The van der Waals surface area contributed by atoms with Crippen LogP contribution < -0.4 is 5.32 Å². The van der Waals surface area contributed by atoms with Crippen LogP contribution in [0.3, 0.4) is 0 Å². The highest BCUT2D eigenvalue weighted by Gasteiger charge is 2.12. The summed E-state index contributed by atoms with van der Waals surface area (Å²) in [7, 11) is 0. The van der Waals surface area contributed by atoms with E-state index in [9.17, 15) is 0 Å². The van der Waals surface area contributed by atoms with Crippen LogP contribution in [0.4, 0.5) is 0 Å². The molecule has 1 atom stereocenters. The molecule has 0 bridgehead atoms. The van der Waals surface area contributed by atoms with Crippen LogP contribution in [0.1, 0.15) is 24.8 Å². The van der Waals surface area contributed by atoms with E-state index in [4.69, 9.17) is 5.26 Å². The zero-order valence-corrected chi connectivity index (χ0v) is 9.96. The van der Waals surface area contributed by atoms with Crippen LogP contribution in [0.15, 0.2) is 23.4 Å². The summed E-state index contributed by atoms with van der Waals surface area (Å²) >= 11 is 1.73. The highest BCUT2D eigenvalue weighted by Crippen LogP contribution is 2.19. The molecule has 4 heteroatoms. The number of pyridine rings is 1. The molecule has 1 aromatic rings. The van der Waals surface area contributed by atoms with E-state index in [2.05, 4.69) is 16.4 Å². The predicted octanol–water partition coefficient (Wildman–Crippen LogP) is 2.19. The summed E-state index contributed by atoms with van der Waals surface area (Å²) in [4.78, 5) is 4.26. The molecule has 84 valence electrons. The topological polar surface area (TPSA) is 48.7 Å². The van der Waals surface area contributed by atoms with Gasteiger partial charge in [-0.3, -0.25) is 0 Å². The van der Waals surface area contributed by atoms with Gasteiger partial charge in [0.25, 0.3) is 0 Å². The zero-order valence-electron chi connectivity index (χ0n) is 9.15. The molecule has 0 unspecified atom stereocenters. The van der Waals surface area contributed by atoms with Gasteiger partial charge in [0, 0.05) is 18.0 Å². The van der Waals surface area contributed by atoms with Gasteiger partial charge in [-0.15, -0.1) is 11.8 Å². The number of rotatable bonds is 3. The summed E-state index contributed by atoms with van der Waals surface area (Å²) in [6.07, 6.45) is 5.58. The number of nitriles is 1. The molecule has 1 aliphatic rings. The lowest BCUT2D eigenvalue weighted by molar-refractivity contribution is 0.430. The van der Waals surface area contributed by atoms with Crippen LogP contribution in [0, 0.1) is 11.3 Å². The minimum Gasteiger partial charge on any atom is -0.313 e. The Labute approximate surface area is 100 Å². The van der Waals surface area contributed by atoms with Gasteiger partial charge < -0.3 is 5.32 Å². The summed E-state index contributed by atoms with van der Waals surface area (Å²) in [5.74, 6) is 1.04. The lowest BCUT2D eigenvalue weighted by atomic mass is 10.1. The molecule has 1 fully saturated rings. The minimum atomic E-state index is 0.603. The number of hydrogen-bond donors (Lipinski definition) is 1. The van der Waals surface area contributed by atoms with Crippen molar-refractivity contribution in [3.8, 4) is 6.07 Å². The number of aromatic nitrogens is 1. The molecule has 0 amide bonds. The third-order valence-electron chi connectivity index (χ3n) is 2.71. The highest BCUT2D eigenvalue weighted by atomic mass is 32.2. The van der Waals surface area contributed by atoms with Crippen molar-refractivity contribution in [1.29, 1.82) is 5.26 Å². The third kappa shape index (κ3) is 3.22. The average Bonchev–Trinajstić information content (AvgIpc) is 2.38. The first-order valence-electron chi connectivity index (χ1n) is 5.61. The largest absolute Gasteiger partial charge is 0.313 e. The van der Waals surface area contributed by atoms with E-state index >= 15 is 0 Å². The highest BCUT2D eigenvalue weighted by molar-refractivity contribution is 7.99. The average molecular weight is 233 g/mol. The first kappa shape index (κ1) is 11.4. The van der Waals surface area contributed by atoms with Crippen LogP contribution >= 0.6 is 11.8 Å². The molecule has 2 heterocycles. The molecule has 1 N–H and O–H groups in total. The number of nitrogens with one attached hydrogen (secondary N) is 1. The Morgan fingerprint density at radius 2 is 2.50 bits per heavy atom. The van der Waals surface area contributed by atoms with Crippen molar-refractivity contribution < 1.29 is 0 Å². The fourth-order valence-electron chi connectivity index (χ4n) is 1.81. The summed E-state index contributed by atoms with van der Waals surface area (Å²) < 4.78 is 0. The Hall–Kier alpha value is -1.05. The van der Waals surface area contributed by atoms with E-state index in [1.54, 1.807) is 24.0 Å². The van der Waals surface area contributed by atoms with Crippen LogP contribution in [0.5, 0.6) is 0 Å². The van der Waals surface area contributed by atoms with Gasteiger partial charge >= 0.3 is 0 Å². The summed E-state index contributed by atoms with van der Waals surface area (Å²) in [5.41, 5.74) is 0.689. The standard InChI is InChI=1S/C12H15N3S/c13-8-10-4-6-15-12(7-10)16-9-11-3-1-2-5-14-11/h4,6-7,11,14H,1-3,5,9H2/t11-/m1/s1. The molecule has 1 aromatic heterocycles. The van der Waals surface area contributed by atoms with Crippen molar-refractivity contribution in [3.63, 3.8) is 0 Å². The second-order valence-corrected chi connectivity index (χ2v) is 4.99. The number of thioether (sulfide) groups is 1. The second kappa shape index (κ2) is 5.88. The van der Waals surface area contributed by atoms with Crippen LogP contribution in [0.2, 0.25) is 0 Å². The van der Waals surface area contributed by atoms with E-state index in [-0.39, 0.29) is 0 Å². The van der Waals surface area contributed by atoms with Gasteiger partial charge in [0.2, 0.25) is 0 Å². The first-order chi connectivity index (χ1) is 7.88. The molecular formula is C12H15N3S. The summed E-state index contributed by atoms with van der Waals surface area (Å²) in [6, 6.07) is 6.33. The first-order valence-corrected chi connectivity index (χ1v) is 6.59.